The maximum Gasteiger partial charge on any atom is 0.210 e. The van der Waals surface area contributed by atoms with E-state index in [-0.39, 0.29) is 5.78 Å². The molecule has 9 heavy (non-hydrogen) atoms. The number of hydrogen-bond acceptors (Lipinski definition) is 2. The second-order valence-electron chi connectivity index (χ2n) is 1.59. The van der Waals surface area contributed by atoms with Gasteiger partial charge in [0.05, 0.1) is 5.70 Å². The summed E-state index contributed by atoms with van der Waals surface area (Å²) in [7, 11) is 0. The molecule has 3 heteroatoms. The van der Waals surface area contributed by atoms with Crippen molar-refractivity contribution in [3.05, 3.63) is 24.4 Å². The third-order valence-corrected chi connectivity index (χ3v) is 1.65. The average Bonchev–Trinajstić information content (AvgIpc) is 1.80. The van der Waals surface area contributed by atoms with Crippen LogP contribution in [0.2, 0.25) is 0 Å². The van der Waals surface area contributed by atoms with E-state index >= 15 is 0 Å². The van der Waals surface area contributed by atoms with E-state index < -0.39 is 0 Å². The van der Waals surface area contributed by atoms with Gasteiger partial charge in [-0.05, 0) is 34.7 Å². The molecule has 0 radical (unpaired) electrons. The van der Waals surface area contributed by atoms with E-state index in [9.17, 15) is 4.79 Å². The Hall–Kier alpha value is -0.450. The summed E-state index contributed by atoms with van der Waals surface area (Å²) in [4.78, 5) is 14.5. The Bertz CT molecular complexity index is 227. The van der Waals surface area contributed by atoms with Gasteiger partial charge in [-0.25, -0.2) is 4.99 Å². The van der Waals surface area contributed by atoms with E-state index in [1.54, 1.807) is 6.08 Å². The number of halogens is 1. The molecule has 0 saturated carbocycles. The van der Waals surface area contributed by atoms with Crippen molar-refractivity contribution in [2.24, 2.45) is 4.99 Å². The fourth-order valence-electron chi connectivity index (χ4n) is 0.459. The first-order valence-corrected chi connectivity index (χ1v) is 3.43. The molecule has 0 aliphatic carbocycles. The van der Waals surface area contributed by atoms with Crippen LogP contribution in [-0.2, 0) is 4.79 Å². The van der Waals surface area contributed by atoms with E-state index in [4.69, 9.17) is 0 Å². The van der Waals surface area contributed by atoms with Crippen LogP contribution in [0.4, 0.5) is 0 Å². The summed E-state index contributed by atoms with van der Waals surface area (Å²) in [6, 6.07) is 0. The zero-order chi connectivity index (χ0) is 6.85. The van der Waals surface area contributed by atoms with Gasteiger partial charge in [0, 0.05) is 0 Å². The number of hydrogen-bond donors (Lipinski definition) is 0. The highest BCUT2D eigenvalue weighted by molar-refractivity contribution is 14.1. The quantitative estimate of drug-likeness (QED) is 0.582. The van der Waals surface area contributed by atoms with Crippen molar-refractivity contribution in [2.45, 2.75) is 0 Å². The van der Waals surface area contributed by atoms with Gasteiger partial charge in [0.1, 0.15) is 3.72 Å². The van der Waals surface area contributed by atoms with Gasteiger partial charge in [-0.15, -0.1) is 0 Å². The molecule has 0 aromatic heterocycles. The third-order valence-electron chi connectivity index (χ3n) is 0.872. The molecular formula is C6H4INO. The zero-order valence-electron chi connectivity index (χ0n) is 4.60. The van der Waals surface area contributed by atoms with Crippen LogP contribution in [0.15, 0.2) is 29.4 Å². The molecular weight excluding hydrogens is 229 g/mol. The maximum atomic E-state index is 10.7. The van der Waals surface area contributed by atoms with Gasteiger partial charge in [-0.2, -0.15) is 0 Å². The molecule has 0 aromatic carbocycles. The Labute approximate surface area is 66.5 Å². The summed E-state index contributed by atoms with van der Waals surface area (Å²) in [5.41, 5.74) is 0.638. The predicted octanol–water partition coefficient (Wildman–Crippen LogP) is 1.47. The van der Waals surface area contributed by atoms with Gasteiger partial charge in [0.25, 0.3) is 0 Å². The summed E-state index contributed by atoms with van der Waals surface area (Å²) in [5, 5.41) is 0. The summed E-state index contributed by atoms with van der Waals surface area (Å²) in [5.74, 6) is -0.0389. The number of rotatable bonds is 0. The van der Waals surface area contributed by atoms with Crippen molar-refractivity contribution >= 4 is 32.1 Å². The highest BCUT2D eigenvalue weighted by Crippen LogP contribution is 2.07. The molecule has 0 saturated heterocycles. The summed E-state index contributed by atoms with van der Waals surface area (Å²) >= 11 is 1.89. The lowest BCUT2D eigenvalue weighted by Gasteiger charge is -1.98. The van der Waals surface area contributed by atoms with Gasteiger partial charge >= 0.3 is 0 Å². The predicted molar refractivity (Wildman–Crippen MR) is 44.7 cm³/mol. The average molecular weight is 233 g/mol. The molecule has 0 spiro atoms. The minimum Gasteiger partial charge on any atom is -0.287 e. The van der Waals surface area contributed by atoms with Crippen LogP contribution in [0.5, 0.6) is 0 Å². The first-order chi connectivity index (χ1) is 4.20. The fourth-order valence-corrected chi connectivity index (χ4v) is 0.949. The van der Waals surface area contributed by atoms with E-state index in [1.807, 2.05) is 22.6 Å². The largest absolute Gasteiger partial charge is 0.287 e. The third kappa shape index (κ3) is 1.48. The van der Waals surface area contributed by atoms with E-state index in [2.05, 4.69) is 11.6 Å². The van der Waals surface area contributed by atoms with Gasteiger partial charge in [-0.1, -0.05) is 6.58 Å². The van der Waals surface area contributed by atoms with Crippen LogP contribution in [0.25, 0.3) is 0 Å². The van der Waals surface area contributed by atoms with Crippen molar-refractivity contribution < 1.29 is 4.79 Å². The van der Waals surface area contributed by atoms with Gasteiger partial charge in [-0.3, -0.25) is 4.79 Å². The molecule has 1 heterocycles. The van der Waals surface area contributed by atoms with Crippen LogP contribution in [0.1, 0.15) is 0 Å². The number of ketones is 1. The smallest absolute Gasteiger partial charge is 0.210 e. The van der Waals surface area contributed by atoms with Crippen molar-refractivity contribution in [1.82, 2.24) is 0 Å². The summed E-state index contributed by atoms with van der Waals surface area (Å²) < 4.78 is 0.486. The van der Waals surface area contributed by atoms with Gasteiger partial charge in [0.2, 0.25) is 5.78 Å². The number of carbonyl (C=O) groups excluding carboxylic acids is 1. The number of aliphatic imine (C=N–C) groups is 1. The number of allylic oxidation sites excluding steroid dienone is 2. The van der Waals surface area contributed by atoms with Crippen molar-refractivity contribution in [3.8, 4) is 0 Å². The molecule has 1 rings (SSSR count). The lowest BCUT2D eigenvalue weighted by atomic mass is 10.3. The minimum absolute atomic E-state index is 0.0389. The lowest BCUT2D eigenvalue weighted by molar-refractivity contribution is -0.108. The molecule has 1 aliphatic heterocycles. The molecule has 0 N–H and O–H groups in total. The van der Waals surface area contributed by atoms with E-state index in [0.29, 0.717) is 9.42 Å². The van der Waals surface area contributed by atoms with Crippen molar-refractivity contribution in [1.29, 1.82) is 0 Å². The second kappa shape index (κ2) is 2.43. The Morgan fingerprint density at radius 2 is 2.22 bits per heavy atom. The normalized spacial score (nSPS) is 18.1. The van der Waals surface area contributed by atoms with Crippen LogP contribution < -0.4 is 0 Å². The fraction of sp³-hybridized carbons (Fsp3) is 0. The Balaban J connectivity index is 2.95. The van der Waals surface area contributed by atoms with Gasteiger partial charge in [0.15, 0.2) is 0 Å². The van der Waals surface area contributed by atoms with Crippen LogP contribution >= 0.6 is 22.6 Å². The van der Waals surface area contributed by atoms with E-state index in [0.717, 1.165) is 0 Å². The van der Waals surface area contributed by atoms with Crippen LogP contribution in [0, 0.1) is 0 Å². The van der Waals surface area contributed by atoms with Gasteiger partial charge < -0.3 is 0 Å². The molecule has 0 bridgehead atoms. The van der Waals surface area contributed by atoms with Crippen molar-refractivity contribution in [3.63, 3.8) is 0 Å². The molecule has 0 aromatic rings. The zero-order valence-corrected chi connectivity index (χ0v) is 6.75. The SMILES string of the molecule is C=C1C=CC(=O)C(I)=N1. The Kier molecular flexibility index (Phi) is 1.80. The molecule has 0 unspecified atom stereocenters. The first-order valence-electron chi connectivity index (χ1n) is 2.35. The standard InChI is InChI=1S/C6H4INO/c1-4-2-3-5(9)6(7)8-4/h2-3H,1H2. The lowest BCUT2D eigenvalue weighted by Crippen LogP contribution is -2.05. The Morgan fingerprint density at radius 1 is 1.56 bits per heavy atom. The summed E-state index contributed by atoms with van der Waals surface area (Å²) in [6.45, 7) is 3.57. The topological polar surface area (TPSA) is 29.4 Å². The number of dihydropyridines is 1. The highest BCUT2D eigenvalue weighted by Gasteiger charge is 2.07. The maximum absolute atomic E-state index is 10.7. The molecule has 46 valence electrons. The first kappa shape index (κ1) is 6.67. The monoisotopic (exact) mass is 233 g/mol. The minimum atomic E-state index is -0.0389. The van der Waals surface area contributed by atoms with Crippen LogP contribution in [-0.4, -0.2) is 9.50 Å². The van der Waals surface area contributed by atoms with Crippen molar-refractivity contribution in [2.75, 3.05) is 0 Å². The van der Waals surface area contributed by atoms with E-state index in [1.165, 1.54) is 6.08 Å². The number of carbonyl (C=O) groups is 1. The molecule has 2 nitrogen and oxygen atoms in total. The molecule has 0 atom stereocenters. The Morgan fingerprint density at radius 3 is 2.67 bits per heavy atom. The number of nitrogens with zero attached hydrogens (tertiary/aromatic N) is 1. The molecule has 0 amide bonds. The second-order valence-corrected chi connectivity index (χ2v) is 2.61. The van der Waals surface area contributed by atoms with Crippen LogP contribution in [0.3, 0.4) is 0 Å². The molecule has 0 fully saturated rings. The summed E-state index contributed by atoms with van der Waals surface area (Å²) in [6.07, 6.45) is 3.07. The highest BCUT2D eigenvalue weighted by atomic mass is 127. The molecule has 1 aliphatic rings.